The molecule has 7 N–H and O–H groups in total. The summed E-state index contributed by atoms with van der Waals surface area (Å²) >= 11 is 3.45. The maximum atomic E-state index is 9.48. The van der Waals surface area contributed by atoms with Crippen molar-refractivity contribution in [1.82, 2.24) is 15.8 Å². The second kappa shape index (κ2) is 7.30. The first-order valence-corrected chi connectivity index (χ1v) is 8.64. The van der Waals surface area contributed by atoms with Crippen molar-refractivity contribution in [3.8, 4) is 0 Å². The number of nitrogens with one attached hydrogen (secondary N) is 2. The first kappa shape index (κ1) is 18.1. The van der Waals surface area contributed by atoms with E-state index < -0.39 is 0 Å². The van der Waals surface area contributed by atoms with Gasteiger partial charge in [0, 0.05) is 11.0 Å². The molecule has 26 heavy (non-hydrogen) atoms. The second-order valence-corrected chi connectivity index (χ2v) is 6.94. The van der Waals surface area contributed by atoms with Gasteiger partial charge in [-0.15, -0.1) is 0 Å². The highest BCUT2D eigenvalue weighted by Gasteiger charge is 2.43. The van der Waals surface area contributed by atoms with Gasteiger partial charge in [0.25, 0.3) is 0 Å². The largest absolute Gasteiger partial charge is 0.370 e. The van der Waals surface area contributed by atoms with E-state index in [-0.39, 0.29) is 23.0 Å². The average Bonchev–Trinajstić information content (AvgIpc) is 3.18. The molecule has 1 saturated carbocycles. The molecule has 11 heteroatoms. The van der Waals surface area contributed by atoms with Crippen LogP contribution in [0.5, 0.6) is 0 Å². The first-order valence-electron chi connectivity index (χ1n) is 7.85. The molecule has 0 saturated heterocycles. The molecule has 2 aromatic rings. The van der Waals surface area contributed by atoms with Crippen molar-refractivity contribution in [3.63, 3.8) is 0 Å². The van der Waals surface area contributed by atoms with E-state index in [9.17, 15) is 5.21 Å². The first-order chi connectivity index (χ1) is 12.4. The molecule has 3 rings (SSSR count). The predicted molar refractivity (Wildman–Crippen MR) is 101 cm³/mol. The lowest BCUT2D eigenvalue weighted by atomic mass is 10.2. The lowest BCUT2D eigenvalue weighted by Crippen LogP contribution is -2.30. The molecule has 1 aliphatic rings. The van der Waals surface area contributed by atoms with E-state index in [2.05, 4.69) is 41.5 Å². The Morgan fingerprint density at radius 3 is 2.77 bits per heavy atom. The van der Waals surface area contributed by atoms with Gasteiger partial charge < -0.3 is 16.8 Å². The van der Waals surface area contributed by atoms with Crippen molar-refractivity contribution in [2.75, 3.05) is 11.9 Å². The summed E-state index contributed by atoms with van der Waals surface area (Å²) in [6, 6.07) is 5.55. The molecule has 1 aliphatic carbocycles. The SMILES string of the molecule is Cc1ccc(N=C(NO)c2nonc2NCC2(N=C(N)N)CC2)cc1Br. The highest BCUT2D eigenvalue weighted by Crippen LogP contribution is 2.39. The molecule has 0 atom stereocenters. The van der Waals surface area contributed by atoms with Crippen molar-refractivity contribution >= 4 is 39.2 Å². The van der Waals surface area contributed by atoms with Gasteiger partial charge >= 0.3 is 0 Å². The predicted octanol–water partition coefficient (Wildman–Crippen LogP) is 1.42. The number of anilines is 1. The quantitative estimate of drug-likeness (QED) is 0.265. The van der Waals surface area contributed by atoms with Gasteiger partial charge in [0.05, 0.1) is 11.2 Å². The minimum Gasteiger partial charge on any atom is -0.370 e. The number of halogens is 1. The zero-order valence-corrected chi connectivity index (χ0v) is 15.6. The van der Waals surface area contributed by atoms with E-state index in [1.807, 2.05) is 30.6 Å². The lowest BCUT2D eigenvalue weighted by molar-refractivity contribution is 0.234. The van der Waals surface area contributed by atoms with Crippen LogP contribution in [0.3, 0.4) is 0 Å². The highest BCUT2D eigenvalue weighted by atomic mass is 79.9. The summed E-state index contributed by atoms with van der Waals surface area (Å²) in [7, 11) is 0. The molecule has 138 valence electrons. The summed E-state index contributed by atoms with van der Waals surface area (Å²) in [5.74, 6) is 0.469. The topological polar surface area (TPSA) is 160 Å². The van der Waals surface area contributed by atoms with Crippen LogP contribution in [0.15, 0.2) is 37.3 Å². The van der Waals surface area contributed by atoms with Gasteiger partial charge in [-0.25, -0.2) is 14.6 Å². The van der Waals surface area contributed by atoms with E-state index in [0.717, 1.165) is 22.9 Å². The van der Waals surface area contributed by atoms with Crippen molar-refractivity contribution in [2.24, 2.45) is 21.5 Å². The summed E-state index contributed by atoms with van der Waals surface area (Å²) < 4.78 is 5.69. The number of amidine groups is 1. The third kappa shape index (κ3) is 4.11. The molecule has 0 aliphatic heterocycles. The number of guanidine groups is 1. The average molecular weight is 423 g/mol. The smallest absolute Gasteiger partial charge is 0.202 e. The molecule has 1 aromatic heterocycles. The molecule has 10 nitrogen and oxygen atoms in total. The Kier molecular flexibility index (Phi) is 5.09. The van der Waals surface area contributed by atoms with Crippen molar-refractivity contribution in [2.45, 2.75) is 25.3 Å². The Morgan fingerprint density at radius 2 is 2.15 bits per heavy atom. The maximum absolute atomic E-state index is 9.48. The zero-order chi connectivity index (χ0) is 18.7. The van der Waals surface area contributed by atoms with Crippen LogP contribution in [0.4, 0.5) is 11.5 Å². The fourth-order valence-corrected chi connectivity index (χ4v) is 2.73. The molecular formula is C15H19BrN8O2. The van der Waals surface area contributed by atoms with Crippen LogP contribution in [-0.2, 0) is 0 Å². The van der Waals surface area contributed by atoms with E-state index in [0.29, 0.717) is 18.1 Å². The third-order valence-corrected chi connectivity index (χ3v) is 4.85. The Bertz CT molecular complexity index is 855. The van der Waals surface area contributed by atoms with E-state index >= 15 is 0 Å². The zero-order valence-electron chi connectivity index (χ0n) is 14.0. The van der Waals surface area contributed by atoms with Crippen molar-refractivity contribution < 1.29 is 9.84 Å². The van der Waals surface area contributed by atoms with E-state index in [1.54, 1.807) is 0 Å². The summed E-state index contributed by atoms with van der Waals surface area (Å²) in [5.41, 5.74) is 14.6. The number of hydroxylamine groups is 1. The fraction of sp³-hybridized carbons (Fsp3) is 0.333. The second-order valence-electron chi connectivity index (χ2n) is 6.08. The molecule has 1 heterocycles. The number of aliphatic imine (C=N–C) groups is 2. The summed E-state index contributed by atoms with van der Waals surface area (Å²) in [4.78, 5) is 8.58. The number of benzene rings is 1. The van der Waals surface area contributed by atoms with Gasteiger partial charge in [-0.05, 0) is 47.8 Å². The Morgan fingerprint density at radius 1 is 1.38 bits per heavy atom. The van der Waals surface area contributed by atoms with Crippen LogP contribution < -0.4 is 22.3 Å². The van der Waals surface area contributed by atoms with Gasteiger partial charge in [0.2, 0.25) is 5.82 Å². The molecule has 0 bridgehead atoms. The normalized spacial score (nSPS) is 15.4. The van der Waals surface area contributed by atoms with Crippen LogP contribution in [0, 0.1) is 6.92 Å². The Hall–Kier alpha value is -2.66. The Balaban J connectivity index is 1.80. The number of aromatic nitrogens is 2. The minimum atomic E-state index is -0.333. The monoisotopic (exact) mass is 422 g/mol. The number of nitrogens with two attached hydrogens (primary N) is 2. The number of nitrogens with zero attached hydrogens (tertiary/aromatic N) is 4. The number of aryl methyl sites for hydroxylation is 1. The van der Waals surface area contributed by atoms with Crippen LogP contribution in [0.2, 0.25) is 0 Å². The van der Waals surface area contributed by atoms with Gasteiger partial charge in [0.1, 0.15) is 0 Å². The van der Waals surface area contributed by atoms with Crippen molar-refractivity contribution in [3.05, 3.63) is 33.9 Å². The maximum Gasteiger partial charge on any atom is 0.202 e. The summed E-state index contributed by atoms with van der Waals surface area (Å²) in [6.07, 6.45) is 1.74. The van der Waals surface area contributed by atoms with Crippen LogP contribution in [0.1, 0.15) is 24.1 Å². The molecule has 0 amide bonds. The molecule has 0 unspecified atom stereocenters. The van der Waals surface area contributed by atoms with Gasteiger partial charge in [-0.1, -0.05) is 22.0 Å². The van der Waals surface area contributed by atoms with E-state index in [1.165, 1.54) is 0 Å². The third-order valence-electron chi connectivity index (χ3n) is 3.99. The molecule has 0 radical (unpaired) electrons. The van der Waals surface area contributed by atoms with Crippen LogP contribution in [-0.4, -0.2) is 39.4 Å². The highest BCUT2D eigenvalue weighted by molar-refractivity contribution is 9.10. The molecule has 1 aromatic carbocycles. The van der Waals surface area contributed by atoms with Gasteiger partial charge in [-0.2, -0.15) is 0 Å². The van der Waals surface area contributed by atoms with Gasteiger partial charge in [0.15, 0.2) is 17.5 Å². The minimum absolute atomic E-state index is 0.0482. The summed E-state index contributed by atoms with van der Waals surface area (Å²) in [5, 5.41) is 20.2. The molecular weight excluding hydrogens is 404 g/mol. The fourth-order valence-electron chi connectivity index (χ4n) is 2.37. The van der Waals surface area contributed by atoms with Crippen LogP contribution in [0.25, 0.3) is 0 Å². The molecule has 0 spiro atoms. The van der Waals surface area contributed by atoms with E-state index in [4.69, 9.17) is 16.1 Å². The molecule has 1 fully saturated rings. The summed E-state index contributed by atoms with van der Waals surface area (Å²) in [6.45, 7) is 2.43. The number of hydrogen-bond acceptors (Lipinski definition) is 7. The standard InChI is InChI=1S/C15H19BrN8O2/c1-8-2-3-9(6-10(8)16)20-13(22-25)11-12(24-26-23-11)19-7-15(4-5-15)21-14(17)18/h2-3,6,25H,4-5,7H2,1H3,(H,19,24)(H,20,22)(H4,17,18,21). The van der Waals surface area contributed by atoms with Gasteiger partial charge in [-0.3, -0.25) is 10.7 Å². The van der Waals surface area contributed by atoms with Crippen LogP contribution >= 0.6 is 15.9 Å². The lowest BCUT2D eigenvalue weighted by Gasteiger charge is -2.11. The van der Waals surface area contributed by atoms with Crippen molar-refractivity contribution in [1.29, 1.82) is 0 Å². The number of rotatable bonds is 6. The number of hydrogen-bond donors (Lipinski definition) is 5. The Labute approximate surface area is 157 Å².